The highest BCUT2D eigenvalue weighted by Crippen LogP contribution is 2.31. The molecule has 0 aromatic heterocycles. The van der Waals surface area contributed by atoms with Gasteiger partial charge in [-0.2, -0.15) is 0 Å². The van der Waals surface area contributed by atoms with E-state index in [1.165, 1.54) is 24.3 Å². The summed E-state index contributed by atoms with van der Waals surface area (Å²) in [5.41, 5.74) is 0.140. The fourth-order valence-electron chi connectivity index (χ4n) is 2.79. The third-order valence-corrected chi connectivity index (χ3v) is 4.30. The Balaban J connectivity index is 2.14. The minimum Gasteiger partial charge on any atom is -0.494 e. The fraction of sp³-hybridized carbons (Fsp3) is 0.217. The number of hydrogen-bond donors (Lipinski definition) is 1. The van der Waals surface area contributed by atoms with Gasteiger partial charge in [0.05, 0.1) is 12.2 Å². The Labute approximate surface area is 179 Å². The van der Waals surface area contributed by atoms with Gasteiger partial charge in [0.2, 0.25) is 0 Å². The normalized spacial score (nSPS) is 11.7. The first-order valence-electron chi connectivity index (χ1n) is 9.35. The van der Waals surface area contributed by atoms with Crippen LogP contribution in [0.1, 0.15) is 49.5 Å². The van der Waals surface area contributed by atoms with Crippen LogP contribution in [0.4, 0.5) is 0 Å². The number of rotatable bonds is 13. The van der Waals surface area contributed by atoms with E-state index in [0.717, 1.165) is 6.08 Å². The van der Waals surface area contributed by atoms with Crippen molar-refractivity contribution in [1.29, 1.82) is 0 Å². The highest BCUT2D eigenvalue weighted by atomic mass is 16.6. The molecule has 162 valence electrons. The van der Waals surface area contributed by atoms with Gasteiger partial charge in [-0.1, -0.05) is 19.7 Å². The number of carbonyl (C=O) groups excluding carboxylic acids is 3. The lowest BCUT2D eigenvalue weighted by atomic mass is 9.94. The largest absolute Gasteiger partial charge is 0.494 e. The summed E-state index contributed by atoms with van der Waals surface area (Å²) in [6, 6.07) is 2.52. The number of ether oxygens (including phenoxy) is 3. The number of hydrogen-bond acceptors (Lipinski definition) is 7. The van der Waals surface area contributed by atoms with Crippen molar-refractivity contribution in [2.75, 3.05) is 19.8 Å². The highest BCUT2D eigenvalue weighted by molar-refractivity contribution is 6.18. The molecule has 1 aliphatic carbocycles. The van der Waals surface area contributed by atoms with Gasteiger partial charge in [-0.25, -0.2) is 9.59 Å². The van der Waals surface area contributed by atoms with Crippen LogP contribution in [0.3, 0.4) is 0 Å². The van der Waals surface area contributed by atoms with Crippen molar-refractivity contribution in [3.63, 3.8) is 0 Å². The maximum Gasteiger partial charge on any atom is 0.336 e. The van der Waals surface area contributed by atoms with Gasteiger partial charge in [-0.05, 0) is 24.6 Å². The smallest absolute Gasteiger partial charge is 0.336 e. The average molecular weight is 426 g/mol. The first kappa shape index (κ1) is 23.3. The van der Waals surface area contributed by atoms with Gasteiger partial charge in [0.15, 0.2) is 11.6 Å². The summed E-state index contributed by atoms with van der Waals surface area (Å²) in [5.74, 6) is -2.24. The molecule has 8 nitrogen and oxygen atoms in total. The molecule has 0 saturated heterocycles. The van der Waals surface area contributed by atoms with Crippen molar-refractivity contribution in [2.24, 2.45) is 0 Å². The molecular weight excluding hydrogens is 404 g/mol. The molecule has 8 heteroatoms. The zero-order valence-electron chi connectivity index (χ0n) is 16.8. The number of esters is 1. The SMILES string of the molecule is C=CC(=C)OCCCC(=O)c1cc2c(cc1C(=O)O)C(OCCOC(=O)C=C)=CC2=O. The molecular formula is C23H22O8. The predicted molar refractivity (Wildman–Crippen MR) is 112 cm³/mol. The van der Waals surface area contributed by atoms with E-state index < -0.39 is 23.5 Å². The van der Waals surface area contributed by atoms with Crippen LogP contribution in [-0.4, -0.2) is 48.4 Å². The van der Waals surface area contributed by atoms with E-state index in [2.05, 4.69) is 19.7 Å². The molecule has 0 radical (unpaired) electrons. The van der Waals surface area contributed by atoms with Gasteiger partial charge in [0.1, 0.15) is 24.7 Å². The molecule has 1 aromatic rings. The second-order valence-electron chi connectivity index (χ2n) is 6.39. The molecule has 0 aliphatic heterocycles. The van der Waals surface area contributed by atoms with Crippen molar-refractivity contribution in [1.82, 2.24) is 0 Å². The summed E-state index contributed by atoms with van der Waals surface area (Å²) >= 11 is 0. The number of Topliss-reactive ketones (excluding diaryl/α,β-unsaturated/α-hetero) is 1. The van der Waals surface area contributed by atoms with E-state index in [4.69, 9.17) is 14.2 Å². The summed E-state index contributed by atoms with van der Waals surface area (Å²) in [7, 11) is 0. The molecule has 2 rings (SSSR count). The van der Waals surface area contributed by atoms with Gasteiger partial charge in [0.25, 0.3) is 0 Å². The van der Waals surface area contributed by atoms with Crippen LogP contribution in [0.15, 0.2) is 55.9 Å². The van der Waals surface area contributed by atoms with Crippen LogP contribution in [0.5, 0.6) is 0 Å². The molecule has 1 aromatic carbocycles. The maximum absolute atomic E-state index is 12.6. The first-order chi connectivity index (χ1) is 14.8. The van der Waals surface area contributed by atoms with Gasteiger partial charge in [-0.3, -0.25) is 9.59 Å². The van der Waals surface area contributed by atoms with Crippen LogP contribution in [0, 0.1) is 0 Å². The van der Waals surface area contributed by atoms with Gasteiger partial charge in [-0.15, -0.1) is 0 Å². The van der Waals surface area contributed by atoms with E-state index in [-0.39, 0.29) is 54.3 Å². The summed E-state index contributed by atoms with van der Waals surface area (Å²) < 4.78 is 15.5. The van der Waals surface area contributed by atoms with E-state index in [9.17, 15) is 24.3 Å². The number of ketones is 2. The number of aromatic carboxylic acids is 1. The number of allylic oxidation sites excluding steroid dienone is 2. The van der Waals surface area contributed by atoms with Crippen molar-refractivity contribution in [2.45, 2.75) is 12.8 Å². The Hall–Kier alpha value is -3.94. The number of benzene rings is 1. The van der Waals surface area contributed by atoms with Crippen molar-refractivity contribution in [3.8, 4) is 0 Å². The summed E-state index contributed by atoms with van der Waals surface area (Å²) in [6.07, 6.45) is 4.02. The number of carboxylic acids is 1. The van der Waals surface area contributed by atoms with Crippen LogP contribution in [-0.2, 0) is 19.0 Å². The molecule has 0 spiro atoms. The van der Waals surface area contributed by atoms with Crippen LogP contribution >= 0.6 is 0 Å². The monoisotopic (exact) mass is 426 g/mol. The molecule has 0 fully saturated rings. The summed E-state index contributed by atoms with van der Waals surface area (Å²) in [5, 5.41) is 9.56. The van der Waals surface area contributed by atoms with Gasteiger partial charge < -0.3 is 19.3 Å². The van der Waals surface area contributed by atoms with Crippen LogP contribution < -0.4 is 0 Å². The Kier molecular flexibility index (Phi) is 8.08. The zero-order valence-corrected chi connectivity index (χ0v) is 16.8. The van der Waals surface area contributed by atoms with E-state index in [0.29, 0.717) is 12.2 Å². The topological polar surface area (TPSA) is 116 Å². The lowest BCUT2D eigenvalue weighted by molar-refractivity contribution is -0.138. The molecule has 0 unspecified atom stereocenters. The average Bonchev–Trinajstić information content (AvgIpc) is 3.07. The molecule has 1 aliphatic rings. The predicted octanol–water partition coefficient (Wildman–Crippen LogP) is 3.35. The Bertz CT molecular complexity index is 984. The number of carbonyl (C=O) groups is 4. The van der Waals surface area contributed by atoms with Crippen LogP contribution in [0.25, 0.3) is 5.76 Å². The maximum atomic E-state index is 12.6. The standard InChI is InChI=1S/C23H22O8/c1-4-14(3)29-8-6-7-19(24)16-11-15-17(12-18(16)23(27)28)21(13-20(15)25)30-9-10-31-22(26)5-2/h4-5,11-13H,1-3,6-10H2,(H,27,28). The number of fused-ring (bicyclic) bond motifs is 1. The fourth-order valence-corrected chi connectivity index (χ4v) is 2.79. The number of carboxylic acid groups (broad SMARTS) is 1. The van der Waals surface area contributed by atoms with E-state index in [1.807, 2.05) is 0 Å². The minimum absolute atomic E-state index is 0.0309. The third kappa shape index (κ3) is 6.02. The Morgan fingerprint density at radius 2 is 1.68 bits per heavy atom. The van der Waals surface area contributed by atoms with Gasteiger partial charge >= 0.3 is 11.9 Å². The van der Waals surface area contributed by atoms with E-state index in [1.54, 1.807) is 0 Å². The minimum atomic E-state index is -1.30. The molecule has 0 atom stereocenters. The van der Waals surface area contributed by atoms with Crippen molar-refractivity contribution in [3.05, 3.63) is 78.1 Å². The zero-order chi connectivity index (χ0) is 23.0. The second kappa shape index (κ2) is 10.7. The molecule has 1 N–H and O–H groups in total. The molecule has 0 saturated carbocycles. The summed E-state index contributed by atoms with van der Waals surface area (Å²) in [6.45, 7) is 10.5. The molecule has 31 heavy (non-hydrogen) atoms. The first-order valence-corrected chi connectivity index (χ1v) is 9.35. The van der Waals surface area contributed by atoms with Crippen LogP contribution in [0.2, 0.25) is 0 Å². The second-order valence-corrected chi connectivity index (χ2v) is 6.39. The van der Waals surface area contributed by atoms with Gasteiger partial charge in [0, 0.05) is 35.3 Å². The lowest BCUT2D eigenvalue weighted by Crippen LogP contribution is -2.12. The molecule has 0 bridgehead atoms. The van der Waals surface area contributed by atoms with Crippen molar-refractivity contribution < 1.29 is 38.5 Å². The highest BCUT2D eigenvalue weighted by Gasteiger charge is 2.28. The lowest BCUT2D eigenvalue weighted by Gasteiger charge is -2.12. The quantitative estimate of drug-likeness (QED) is 0.127. The summed E-state index contributed by atoms with van der Waals surface area (Å²) in [4.78, 5) is 47.7. The molecule has 0 amide bonds. The Morgan fingerprint density at radius 1 is 0.968 bits per heavy atom. The van der Waals surface area contributed by atoms with Crippen molar-refractivity contribution >= 4 is 29.3 Å². The third-order valence-electron chi connectivity index (χ3n) is 4.30. The Morgan fingerprint density at radius 3 is 2.32 bits per heavy atom. The molecule has 0 heterocycles. The van der Waals surface area contributed by atoms with E-state index >= 15 is 0 Å².